The molecule has 0 saturated carbocycles. The zero-order chi connectivity index (χ0) is 34.5. The first-order valence-corrected chi connectivity index (χ1v) is 16.5. The summed E-state index contributed by atoms with van der Waals surface area (Å²) in [6.07, 6.45) is -3.74. The van der Waals surface area contributed by atoms with Crippen LogP contribution in [0.2, 0.25) is 5.02 Å². The molecule has 3 amide bonds. The van der Waals surface area contributed by atoms with Gasteiger partial charge in [-0.2, -0.15) is 5.26 Å². The molecule has 16 nitrogen and oxygen atoms in total. The fraction of sp³-hybridized carbons (Fsp3) is 0.400. The van der Waals surface area contributed by atoms with Crippen LogP contribution in [0.1, 0.15) is 29.6 Å². The number of aliphatic hydroxyl groups is 2. The lowest BCUT2D eigenvalue weighted by Crippen LogP contribution is -2.65. The molecule has 0 bridgehead atoms. The third-order valence-corrected chi connectivity index (χ3v) is 9.40. The summed E-state index contributed by atoms with van der Waals surface area (Å²) in [5.41, 5.74) is 5.81. The van der Waals surface area contributed by atoms with Crippen molar-refractivity contribution in [1.29, 1.82) is 5.26 Å². The third-order valence-electron chi connectivity index (χ3n) is 7.65. The van der Waals surface area contributed by atoms with Gasteiger partial charge in [0.1, 0.15) is 29.6 Å². The van der Waals surface area contributed by atoms with Gasteiger partial charge in [0.05, 0.1) is 43.4 Å². The SMILES string of the molecule is COc1ccc(C(=O)[N+]2([C@@H]3O[C@H](CO)[C@@](O)(OP(=O)(OCCC#N)Oc4ccccc4Cl)[C@H]3OC3CCCO3)C=CC(N)=NC2=O)cc1. The summed E-state index contributed by atoms with van der Waals surface area (Å²) in [5.74, 6) is -3.84. The van der Waals surface area contributed by atoms with Gasteiger partial charge in [-0.3, -0.25) is 4.52 Å². The van der Waals surface area contributed by atoms with Crippen molar-refractivity contribution in [3.05, 3.63) is 71.4 Å². The molecule has 3 aliphatic heterocycles. The molecule has 256 valence electrons. The highest BCUT2D eigenvalue weighted by Crippen LogP contribution is 2.57. The molecule has 2 aromatic carbocycles. The van der Waals surface area contributed by atoms with E-state index in [1.54, 1.807) is 6.07 Å². The standard InChI is InChI=1S/C30H32ClN4O12P/c1-41-20-11-9-19(10-12-20)27(37)35(15-13-24(33)34-29(35)38)28-26(45-25-8-4-16-42-25)30(39,23(18-36)44-28)47-48(40,43-17-5-14-32)46-22-7-3-2-6-21(22)31/h2-3,6-7,9-13,15,23,25-26,28,36,39H,4-5,8,16-18H2,1H3,(H-,33,34,38)/p+1/t23-,25?,26+,28-,30-,35?,48?/m1/s1. The lowest BCUT2D eigenvalue weighted by atomic mass is 10.0. The van der Waals surface area contributed by atoms with Crippen molar-refractivity contribution >= 4 is 37.2 Å². The molecule has 3 aliphatic rings. The molecule has 0 aliphatic carbocycles. The van der Waals surface area contributed by atoms with Crippen molar-refractivity contribution in [2.75, 3.05) is 26.9 Å². The van der Waals surface area contributed by atoms with Crippen LogP contribution in [0.4, 0.5) is 4.79 Å². The highest BCUT2D eigenvalue weighted by atomic mass is 35.5. The van der Waals surface area contributed by atoms with Crippen molar-refractivity contribution in [1.82, 2.24) is 0 Å². The Bertz CT molecular complexity index is 1660. The molecule has 18 heteroatoms. The summed E-state index contributed by atoms with van der Waals surface area (Å²) in [6, 6.07) is 12.3. The molecule has 5 rings (SSSR count). The number of nitrogens with two attached hydrogens (primary N) is 1. The lowest BCUT2D eigenvalue weighted by molar-refractivity contribution is -0.777. The van der Waals surface area contributed by atoms with Crippen molar-refractivity contribution in [2.45, 2.75) is 49.8 Å². The number of hydrogen-bond acceptors (Lipinski definition) is 14. The first kappa shape index (κ1) is 35.6. The van der Waals surface area contributed by atoms with E-state index in [2.05, 4.69) is 4.99 Å². The molecule has 2 saturated heterocycles. The zero-order valence-electron chi connectivity index (χ0n) is 25.5. The van der Waals surface area contributed by atoms with Crippen LogP contribution in [0.25, 0.3) is 0 Å². The van der Waals surface area contributed by atoms with Gasteiger partial charge in [-0.05, 0) is 42.8 Å². The highest BCUT2D eigenvalue weighted by Gasteiger charge is 2.71. The smallest absolute Gasteiger partial charge is 0.497 e. The number of phosphoric acid groups is 1. The van der Waals surface area contributed by atoms with E-state index in [1.165, 1.54) is 55.7 Å². The van der Waals surface area contributed by atoms with Crippen molar-refractivity contribution in [2.24, 2.45) is 10.7 Å². The molecule has 48 heavy (non-hydrogen) atoms. The number of carbonyl (C=O) groups is 2. The average molecular weight is 708 g/mol. The first-order chi connectivity index (χ1) is 23.0. The van der Waals surface area contributed by atoms with Gasteiger partial charge < -0.3 is 39.4 Å². The molecule has 3 unspecified atom stereocenters. The number of aliphatic hydroxyl groups excluding tert-OH is 1. The second-order valence-electron chi connectivity index (χ2n) is 10.7. The topological polar surface area (TPSA) is 218 Å². The number of phosphoric ester groups is 1. The number of imide groups is 1. The van der Waals surface area contributed by atoms with Crippen LogP contribution in [0.3, 0.4) is 0 Å². The van der Waals surface area contributed by atoms with E-state index in [0.29, 0.717) is 18.6 Å². The van der Waals surface area contributed by atoms with E-state index in [1.807, 2.05) is 6.07 Å². The number of nitrogens with zero attached hydrogens (tertiary/aromatic N) is 3. The Kier molecular flexibility index (Phi) is 11.0. The molecular formula is C30H33ClN4O12P+. The normalized spacial score (nSPS) is 29.6. The number of nitriles is 1. The van der Waals surface area contributed by atoms with Gasteiger partial charge in [0, 0.05) is 19.1 Å². The monoisotopic (exact) mass is 707 g/mol. The Morgan fingerprint density at radius 3 is 2.65 bits per heavy atom. The minimum atomic E-state index is -5.00. The maximum Gasteiger partial charge on any atom is 0.532 e. The zero-order valence-corrected chi connectivity index (χ0v) is 27.2. The van der Waals surface area contributed by atoms with E-state index in [4.69, 9.17) is 55.1 Å². The average Bonchev–Trinajstić information content (AvgIpc) is 3.68. The predicted octanol–water partition coefficient (Wildman–Crippen LogP) is 3.37. The van der Waals surface area contributed by atoms with Gasteiger partial charge in [-0.25, -0.2) is 18.7 Å². The van der Waals surface area contributed by atoms with Gasteiger partial charge in [-0.1, -0.05) is 23.7 Å². The quantitative estimate of drug-likeness (QED) is 0.118. The highest BCUT2D eigenvalue weighted by molar-refractivity contribution is 7.49. The van der Waals surface area contributed by atoms with E-state index in [-0.39, 0.29) is 35.2 Å². The number of halogens is 1. The fourth-order valence-electron chi connectivity index (χ4n) is 5.29. The third kappa shape index (κ3) is 7.02. The molecular weight excluding hydrogens is 675 g/mol. The van der Waals surface area contributed by atoms with Crippen LogP contribution < -0.4 is 15.0 Å². The fourth-order valence-corrected chi connectivity index (χ4v) is 6.96. The number of amidine groups is 1. The first-order valence-electron chi connectivity index (χ1n) is 14.7. The Morgan fingerprint density at radius 2 is 2.02 bits per heavy atom. The van der Waals surface area contributed by atoms with E-state index >= 15 is 0 Å². The Labute approximate surface area is 280 Å². The number of ether oxygens (including phenoxy) is 4. The number of para-hydroxylation sites is 1. The van der Waals surface area contributed by atoms with Crippen LogP contribution in [0.15, 0.2) is 65.8 Å². The summed E-state index contributed by atoms with van der Waals surface area (Å²) in [5, 5.41) is 31.9. The summed E-state index contributed by atoms with van der Waals surface area (Å²) in [6.45, 7) is -1.21. The molecule has 3 heterocycles. The molecule has 0 radical (unpaired) electrons. The maximum absolute atomic E-state index is 14.4. The number of hydrogen-bond donors (Lipinski definition) is 3. The Hall–Kier alpha value is -3.72. The van der Waals surface area contributed by atoms with Crippen LogP contribution in [-0.2, 0) is 27.8 Å². The van der Waals surface area contributed by atoms with E-state index < -0.39 is 68.0 Å². The van der Waals surface area contributed by atoms with Gasteiger partial charge >= 0.3 is 19.8 Å². The molecule has 2 aromatic rings. The van der Waals surface area contributed by atoms with E-state index in [9.17, 15) is 24.4 Å². The van der Waals surface area contributed by atoms with Crippen LogP contribution in [-0.4, -0.2) is 89.9 Å². The van der Waals surface area contributed by atoms with Gasteiger partial charge in [0.15, 0.2) is 12.4 Å². The van der Waals surface area contributed by atoms with Gasteiger partial charge in [0.2, 0.25) is 12.0 Å². The predicted molar refractivity (Wildman–Crippen MR) is 165 cm³/mol. The van der Waals surface area contributed by atoms with Gasteiger partial charge in [-0.15, -0.1) is 9.48 Å². The van der Waals surface area contributed by atoms with Crippen LogP contribution in [0.5, 0.6) is 11.5 Å². The van der Waals surface area contributed by atoms with Crippen molar-refractivity contribution in [3.8, 4) is 17.6 Å². The van der Waals surface area contributed by atoms with Crippen molar-refractivity contribution < 1.29 is 61.4 Å². The molecule has 2 fully saturated rings. The Morgan fingerprint density at radius 1 is 1.27 bits per heavy atom. The number of aliphatic imine (C=N–C) groups is 1. The lowest BCUT2D eigenvalue weighted by Gasteiger charge is -2.38. The number of rotatable bonds is 13. The second kappa shape index (κ2) is 14.8. The summed E-state index contributed by atoms with van der Waals surface area (Å²) in [4.78, 5) is 32.1. The number of amides is 3. The minimum Gasteiger partial charge on any atom is -0.497 e. The summed E-state index contributed by atoms with van der Waals surface area (Å²) < 4.78 is 52.6. The number of carbonyl (C=O) groups excluding carboxylic acids is 2. The van der Waals surface area contributed by atoms with E-state index in [0.717, 1.165) is 6.20 Å². The number of urea groups is 1. The van der Waals surface area contributed by atoms with Crippen molar-refractivity contribution in [3.63, 3.8) is 0 Å². The van der Waals surface area contributed by atoms with Crippen LogP contribution >= 0.6 is 19.4 Å². The molecule has 7 atom stereocenters. The number of methoxy groups -OCH3 is 1. The molecule has 4 N–H and O–H groups in total. The largest absolute Gasteiger partial charge is 0.532 e. The van der Waals surface area contributed by atoms with Gasteiger partial charge in [0.25, 0.3) is 0 Å². The summed E-state index contributed by atoms with van der Waals surface area (Å²) in [7, 11) is -3.57. The molecule has 0 aromatic heterocycles. The molecule has 0 spiro atoms. The van der Waals surface area contributed by atoms with Crippen LogP contribution in [0, 0.1) is 11.3 Å². The number of benzene rings is 2. The Balaban J connectivity index is 1.63. The minimum absolute atomic E-state index is 0.00212. The summed E-state index contributed by atoms with van der Waals surface area (Å²) >= 11 is 6.23. The number of quaternary nitrogens is 1. The second-order valence-corrected chi connectivity index (χ2v) is 12.6. The maximum atomic E-state index is 14.4.